The first-order valence-corrected chi connectivity index (χ1v) is 4.03. The number of hydrogen-bond acceptors (Lipinski definition) is 3. The maximum Gasteiger partial charge on any atom is 0.337 e. The highest BCUT2D eigenvalue weighted by molar-refractivity contribution is 5.89. The molecule has 0 radical (unpaired) electrons. The lowest BCUT2D eigenvalue weighted by Gasteiger charge is -2.04. The van der Waals surface area contributed by atoms with Crippen LogP contribution in [0.3, 0.4) is 0 Å². The van der Waals surface area contributed by atoms with E-state index in [9.17, 15) is 4.79 Å². The van der Waals surface area contributed by atoms with E-state index in [0.717, 1.165) is 0 Å². The number of hydrogen-bond donors (Lipinski definition) is 2. The van der Waals surface area contributed by atoms with Gasteiger partial charge in [0.15, 0.2) is 0 Å². The number of aryl methyl sites for hydroxylation is 1. The van der Waals surface area contributed by atoms with Gasteiger partial charge in [-0.3, -0.25) is 0 Å². The third kappa shape index (κ3) is 2.23. The van der Waals surface area contributed by atoms with Gasteiger partial charge in [0.1, 0.15) is 5.82 Å². The van der Waals surface area contributed by atoms with E-state index in [4.69, 9.17) is 11.5 Å². The molecule has 4 nitrogen and oxygen atoms in total. The number of carboxylic acids is 1. The number of nitrogens with one attached hydrogen (secondary N) is 1. The number of terminal acetylenes is 1. The SMILES string of the molecule is C#CCNc1ccc(C(=O)O)c(C)n1. The Kier molecular flexibility index (Phi) is 3.08. The van der Waals surface area contributed by atoms with E-state index in [0.29, 0.717) is 18.1 Å². The molecular formula is C10H10N2O2. The fourth-order valence-corrected chi connectivity index (χ4v) is 1.03. The highest BCUT2D eigenvalue weighted by Gasteiger charge is 2.07. The molecule has 0 aromatic carbocycles. The molecule has 1 heterocycles. The van der Waals surface area contributed by atoms with Crippen LogP contribution >= 0.6 is 0 Å². The molecular weight excluding hydrogens is 180 g/mol. The van der Waals surface area contributed by atoms with E-state index in [-0.39, 0.29) is 5.56 Å². The Labute approximate surface area is 82.0 Å². The molecule has 0 aliphatic rings. The first kappa shape index (κ1) is 10.1. The molecule has 1 rings (SSSR count). The Hall–Kier alpha value is -2.02. The monoisotopic (exact) mass is 190 g/mol. The number of carboxylic acid groups (broad SMARTS) is 1. The molecule has 0 fully saturated rings. The lowest BCUT2D eigenvalue weighted by atomic mass is 10.2. The highest BCUT2D eigenvalue weighted by atomic mass is 16.4. The summed E-state index contributed by atoms with van der Waals surface area (Å²) in [5.74, 6) is 2.02. The molecule has 0 bridgehead atoms. The number of nitrogens with zero attached hydrogens (tertiary/aromatic N) is 1. The molecule has 1 aromatic rings. The summed E-state index contributed by atoms with van der Waals surface area (Å²) in [4.78, 5) is 14.7. The van der Waals surface area contributed by atoms with Crippen molar-refractivity contribution in [3.63, 3.8) is 0 Å². The molecule has 2 N–H and O–H groups in total. The molecule has 0 atom stereocenters. The minimum atomic E-state index is -0.974. The predicted molar refractivity (Wildman–Crippen MR) is 53.3 cm³/mol. The fraction of sp³-hybridized carbons (Fsp3) is 0.200. The molecule has 0 aliphatic carbocycles. The summed E-state index contributed by atoms with van der Waals surface area (Å²) in [6.07, 6.45) is 5.06. The third-order valence-corrected chi connectivity index (χ3v) is 1.69. The lowest BCUT2D eigenvalue weighted by Crippen LogP contribution is -2.06. The standard InChI is InChI=1S/C10H10N2O2/c1-3-6-11-9-5-4-8(10(13)14)7(2)12-9/h1,4-5H,6H2,2H3,(H,11,12)(H,13,14). The van der Waals surface area contributed by atoms with Crippen molar-refractivity contribution in [1.82, 2.24) is 4.98 Å². The Morgan fingerprint density at radius 2 is 2.43 bits per heavy atom. The quantitative estimate of drug-likeness (QED) is 0.701. The van der Waals surface area contributed by atoms with Crippen LogP contribution in [0.15, 0.2) is 12.1 Å². The van der Waals surface area contributed by atoms with Crippen molar-refractivity contribution in [1.29, 1.82) is 0 Å². The minimum Gasteiger partial charge on any atom is -0.478 e. The normalized spacial score (nSPS) is 9.14. The third-order valence-electron chi connectivity index (χ3n) is 1.69. The van der Waals surface area contributed by atoms with Gasteiger partial charge >= 0.3 is 5.97 Å². The van der Waals surface area contributed by atoms with Crippen molar-refractivity contribution in [2.75, 3.05) is 11.9 Å². The number of aromatic carboxylic acids is 1. The smallest absolute Gasteiger partial charge is 0.337 e. The first-order valence-electron chi connectivity index (χ1n) is 4.03. The van der Waals surface area contributed by atoms with Gasteiger partial charge in [0.05, 0.1) is 17.8 Å². The van der Waals surface area contributed by atoms with E-state index in [1.54, 1.807) is 13.0 Å². The van der Waals surface area contributed by atoms with Gasteiger partial charge in [0, 0.05) is 0 Å². The largest absolute Gasteiger partial charge is 0.478 e. The summed E-state index contributed by atoms with van der Waals surface area (Å²) in [7, 11) is 0. The molecule has 0 saturated heterocycles. The molecule has 0 amide bonds. The zero-order valence-electron chi connectivity index (χ0n) is 7.74. The summed E-state index contributed by atoms with van der Waals surface area (Å²) >= 11 is 0. The zero-order chi connectivity index (χ0) is 10.6. The molecule has 1 aromatic heterocycles. The van der Waals surface area contributed by atoms with Gasteiger partial charge in [0.2, 0.25) is 0 Å². The molecule has 0 spiro atoms. The van der Waals surface area contributed by atoms with Crippen LogP contribution in [-0.2, 0) is 0 Å². The molecule has 14 heavy (non-hydrogen) atoms. The number of pyridine rings is 1. The van der Waals surface area contributed by atoms with Crippen LogP contribution < -0.4 is 5.32 Å². The van der Waals surface area contributed by atoms with Gasteiger partial charge in [-0.1, -0.05) is 5.92 Å². The van der Waals surface area contributed by atoms with Crippen molar-refractivity contribution in [2.45, 2.75) is 6.92 Å². The van der Waals surface area contributed by atoms with E-state index in [1.165, 1.54) is 6.07 Å². The maximum absolute atomic E-state index is 10.7. The van der Waals surface area contributed by atoms with Crippen LogP contribution in [0.1, 0.15) is 16.1 Å². The van der Waals surface area contributed by atoms with Crippen LogP contribution in [0.25, 0.3) is 0 Å². The lowest BCUT2D eigenvalue weighted by molar-refractivity contribution is 0.0695. The summed E-state index contributed by atoms with van der Waals surface area (Å²) in [6.45, 7) is 2.02. The van der Waals surface area contributed by atoms with Gasteiger partial charge in [0.25, 0.3) is 0 Å². The minimum absolute atomic E-state index is 0.205. The van der Waals surface area contributed by atoms with E-state index >= 15 is 0 Å². The van der Waals surface area contributed by atoms with Gasteiger partial charge in [-0.15, -0.1) is 6.42 Å². The van der Waals surface area contributed by atoms with E-state index in [2.05, 4.69) is 16.2 Å². The summed E-state index contributed by atoms with van der Waals surface area (Å²) in [6, 6.07) is 3.09. The van der Waals surface area contributed by atoms with Gasteiger partial charge in [-0.2, -0.15) is 0 Å². The zero-order valence-corrected chi connectivity index (χ0v) is 7.74. The Balaban J connectivity index is 2.90. The van der Waals surface area contributed by atoms with E-state index in [1.807, 2.05) is 0 Å². The van der Waals surface area contributed by atoms with Crippen LogP contribution in [0.5, 0.6) is 0 Å². The van der Waals surface area contributed by atoms with Crippen LogP contribution in [-0.4, -0.2) is 22.6 Å². The second-order valence-corrected chi connectivity index (χ2v) is 2.69. The Morgan fingerprint density at radius 1 is 1.71 bits per heavy atom. The van der Waals surface area contributed by atoms with Crippen molar-refractivity contribution >= 4 is 11.8 Å². The molecule has 4 heteroatoms. The average Bonchev–Trinajstić information content (AvgIpc) is 2.14. The van der Waals surface area contributed by atoms with Crippen molar-refractivity contribution in [3.05, 3.63) is 23.4 Å². The number of rotatable bonds is 3. The van der Waals surface area contributed by atoms with Crippen LogP contribution in [0, 0.1) is 19.3 Å². The highest BCUT2D eigenvalue weighted by Crippen LogP contribution is 2.09. The fourth-order valence-electron chi connectivity index (χ4n) is 1.03. The van der Waals surface area contributed by atoms with E-state index < -0.39 is 5.97 Å². The molecule has 0 saturated carbocycles. The maximum atomic E-state index is 10.7. The predicted octanol–water partition coefficient (Wildman–Crippen LogP) is 1.13. The van der Waals surface area contributed by atoms with Gasteiger partial charge in [-0.05, 0) is 19.1 Å². The van der Waals surface area contributed by atoms with Gasteiger partial charge < -0.3 is 10.4 Å². The number of carbonyl (C=O) groups is 1. The molecule has 0 unspecified atom stereocenters. The summed E-state index contributed by atoms with van der Waals surface area (Å²) in [5.41, 5.74) is 0.677. The van der Waals surface area contributed by atoms with Gasteiger partial charge in [-0.25, -0.2) is 9.78 Å². The molecule has 72 valence electrons. The Bertz CT molecular complexity index is 394. The van der Waals surface area contributed by atoms with Crippen LogP contribution in [0.2, 0.25) is 0 Å². The summed E-state index contributed by atoms with van der Waals surface area (Å²) in [5, 5.41) is 11.6. The molecule has 0 aliphatic heterocycles. The average molecular weight is 190 g/mol. The van der Waals surface area contributed by atoms with Crippen LogP contribution in [0.4, 0.5) is 5.82 Å². The topological polar surface area (TPSA) is 62.2 Å². The Morgan fingerprint density at radius 3 is 2.93 bits per heavy atom. The van der Waals surface area contributed by atoms with Crippen molar-refractivity contribution in [3.8, 4) is 12.3 Å². The van der Waals surface area contributed by atoms with Crippen molar-refractivity contribution in [2.24, 2.45) is 0 Å². The number of anilines is 1. The summed E-state index contributed by atoms with van der Waals surface area (Å²) < 4.78 is 0. The first-order chi connectivity index (χ1) is 6.65. The van der Waals surface area contributed by atoms with Crippen molar-refractivity contribution < 1.29 is 9.90 Å². The second kappa shape index (κ2) is 4.28. The number of aromatic nitrogens is 1. The second-order valence-electron chi connectivity index (χ2n) is 2.69.